The minimum atomic E-state index is -0.236. The molecule has 0 saturated heterocycles. The molecule has 0 aliphatic heterocycles. The van der Waals surface area contributed by atoms with Gasteiger partial charge in [0, 0.05) is 29.3 Å². The Morgan fingerprint density at radius 2 is 1.74 bits per heavy atom. The van der Waals surface area contributed by atoms with Gasteiger partial charge in [0.1, 0.15) is 5.88 Å². The predicted octanol–water partition coefficient (Wildman–Crippen LogP) is 4.13. The minimum Gasteiger partial charge on any atom is -0.325 e. The van der Waals surface area contributed by atoms with E-state index in [4.69, 9.17) is 11.6 Å². The average molecular weight is 345 g/mol. The van der Waals surface area contributed by atoms with Crippen molar-refractivity contribution < 1.29 is 4.79 Å². The Morgan fingerprint density at radius 3 is 2.35 bits per heavy atom. The van der Waals surface area contributed by atoms with Gasteiger partial charge in [-0.25, -0.2) is 9.97 Å². The maximum Gasteiger partial charge on any atom is 0.239 e. The molecule has 23 heavy (non-hydrogen) atoms. The number of anilines is 3. The summed E-state index contributed by atoms with van der Waals surface area (Å²) < 4.78 is 0. The number of thiophene rings is 1. The van der Waals surface area contributed by atoms with Gasteiger partial charge in [-0.15, -0.1) is 11.6 Å². The molecular formula is C16H13ClN4OS. The van der Waals surface area contributed by atoms with Crippen molar-refractivity contribution >= 4 is 46.2 Å². The molecule has 0 unspecified atom stereocenters. The molecule has 5 nitrogen and oxygen atoms in total. The SMILES string of the molecule is O=C(CCl)Nc1ccc(Nc2ncc(-c3ccsc3)cn2)cc1. The van der Waals surface area contributed by atoms with Crippen molar-refractivity contribution in [2.75, 3.05) is 16.5 Å². The maximum atomic E-state index is 11.2. The maximum absolute atomic E-state index is 11.2. The largest absolute Gasteiger partial charge is 0.325 e. The monoisotopic (exact) mass is 344 g/mol. The summed E-state index contributed by atoms with van der Waals surface area (Å²) in [5.74, 6) is 0.214. The number of carbonyl (C=O) groups excluding carboxylic acids is 1. The fourth-order valence-corrected chi connectivity index (χ4v) is 2.66. The first-order valence-corrected chi connectivity index (χ1v) is 8.30. The molecule has 1 aromatic carbocycles. The van der Waals surface area contributed by atoms with Crippen LogP contribution in [0.3, 0.4) is 0 Å². The predicted molar refractivity (Wildman–Crippen MR) is 94.4 cm³/mol. The van der Waals surface area contributed by atoms with E-state index >= 15 is 0 Å². The third-order valence-electron chi connectivity index (χ3n) is 3.05. The molecule has 0 bridgehead atoms. The second-order valence-corrected chi connectivity index (χ2v) is 5.74. The highest BCUT2D eigenvalue weighted by Crippen LogP contribution is 2.22. The molecule has 0 radical (unpaired) electrons. The molecule has 2 aromatic heterocycles. The van der Waals surface area contributed by atoms with E-state index in [1.807, 2.05) is 23.6 Å². The van der Waals surface area contributed by atoms with Crippen molar-refractivity contribution in [2.24, 2.45) is 0 Å². The van der Waals surface area contributed by atoms with Crippen LogP contribution in [0.25, 0.3) is 11.1 Å². The van der Waals surface area contributed by atoms with Crippen LogP contribution in [-0.4, -0.2) is 21.8 Å². The number of hydrogen-bond donors (Lipinski definition) is 2. The van der Waals surface area contributed by atoms with E-state index < -0.39 is 0 Å². The fourth-order valence-electron chi connectivity index (χ4n) is 1.93. The quantitative estimate of drug-likeness (QED) is 0.683. The minimum absolute atomic E-state index is 0.0652. The second kappa shape index (κ2) is 7.21. The van der Waals surface area contributed by atoms with Gasteiger partial charge in [-0.2, -0.15) is 11.3 Å². The van der Waals surface area contributed by atoms with Crippen LogP contribution in [0.4, 0.5) is 17.3 Å². The lowest BCUT2D eigenvalue weighted by Gasteiger charge is -2.07. The van der Waals surface area contributed by atoms with E-state index in [0.717, 1.165) is 16.8 Å². The molecule has 0 fully saturated rings. The third kappa shape index (κ3) is 4.06. The van der Waals surface area contributed by atoms with E-state index in [1.54, 1.807) is 35.9 Å². The summed E-state index contributed by atoms with van der Waals surface area (Å²) in [4.78, 5) is 19.8. The highest BCUT2D eigenvalue weighted by Gasteiger charge is 2.03. The van der Waals surface area contributed by atoms with Gasteiger partial charge in [0.05, 0.1) is 0 Å². The molecule has 0 aliphatic rings. The molecular weight excluding hydrogens is 332 g/mol. The first kappa shape index (κ1) is 15.5. The zero-order valence-corrected chi connectivity index (χ0v) is 13.6. The fraction of sp³-hybridized carbons (Fsp3) is 0.0625. The second-order valence-electron chi connectivity index (χ2n) is 4.69. The summed E-state index contributed by atoms with van der Waals surface area (Å²) in [6.07, 6.45) is 3.57. The Morgan fingerprint density at radius 1 is 1.04 bits per heavy atom. The number of alkyl halides is 1. The lowest BCUT2D eigenvalue weighted by molar-refractivity contribution is -0.113. The number of aromatic nitrogens is 2. The number of nitrogens with zero attached hydrogens (tertiary/aromatic N) is 2. The summed E-state index contributed by atoms with van der Waals surface area (Å²) in [5.41, 5.74) is 3.61. The van der Waals surface area contributed by atoms with Crippen LogP contribution in [0.2, 0.25) is 0 Å². The Balaban J connectivity index is 1.66. The van der Waals surface area contributed by atoms with Gasteiger partial charge < -0.3 is 10.6 Å². The lowest BCUT2D eigenvalue weighted by Crippen LogP contribution is -2.12. The van der Waals surface area contributed by atoms with Crippen LogP contribution in [-0.2, 0) is 4.79 Å². The molecule has 2 heterocycles. The van der Waals surface area contributed by atoms with E-state index in [-0.39, 0.29) is 11.8 Å². The lowest BCUT2D eigenvalue weighted by atomic mass is 10.2. The van der Waals surface area contributed by atoms with Crippen LogP contribution >= 0.6 is 22.9 Å². The van der Waals surface area contributed by atoms with Gasteiger partial charge in [-0.05, 0) is 46.7 Å². The molecule has 1 amide bonds. The van der Waals surface area contributed by atoms with E-state index in [0.29, 0.717) is 11.6 Å². The van der Waals surface area contributed by atoms with Crippen molar-refractivity contribution in [2.45, 2.75) is 0 Å². The number of nitrogens with one attached hydrogen (secondary N) is 2. The van der Waals surface area contributed by atoms with Gasteiger partial charge >= 0.3 is 0 Å². The molecule has 116 valence electrons. The van der Waals surface area contributed by atoms with Gasteiger partial charge in [-0.1, -0.05) is 0 Å². The number of amides is 1. The smallest absolute Gasteiger partial charge is 0.239 e. The standard InChI is InChI=1S/C16H13ClN4OS/c17-7-15(22)20-13-1-3-14(4-2-13)21-16-18-8-12(9-19-16)11-5-6-23-10-11/h1-6,8-10H,7H2,(H,20,22)(H,18,19,21). The number of rotatable bonds is 5. The number of halogens is 1. The summed E-state index contributed by atoms with van der Waals surface area (Å²) >= 11 is 7.09. The first-order chi connectivity index (χ1) is 11.2. The number of benzene rings is 1. The molecule has 2 N–H and O–H groups in total. The Kier molecular flexibility index (Phi) is 4.85. The van der Waals surface area contributed by atoms with Crippen molar-refractivity contribution in [3.8, 4) is 11.1 Å². The highest BCUT2D eigenvalue weighted by molar-refractivity contribution is 7.08. The Labute approximate surface area is 142 Å². The summed E-state index contributed by atoms with van der Waals surface area (Å²) in [6.45, 7) is 0. The average Bonchev–Trinajstić information content (AvgIpc) is 3.12. The van der Waals surface area contributed by atoms with Gasteiger partial charge in [0.15, 0.2) is 0 Å². The summed E-state index contributed by atoms with van der Waals surface area (Å²) in [5, 5.41) is 9.86. The van der Waals surface area contributed by atoms with Crippen LogP contribution in [0, 0.1) is 0 Å². The molecule has 0 atom stereocenters. The molecule has 7 heteroatoms. The normalized spacial score (nSPS) is 10.3. The van der Waals surface area contributed by atoms with Crippen LogP contribution in [0.1, 0.15) is 0 Å². The zero-order valence-electron chi connectivity index (χ0n) is 12.0. The van der Waals surface area contributed by atoms with Crippen molar-refractivity contribution in [1.82, 2.24) is 9.97 Å². The van der Waals surface area contributed by atoms with Gasteiger partial charge in [-0.3, -0.25) is 4.79 Å². The zero-order chi connectivity index (χ0) is 16.1. The van der Waals surface area contributed by atoms with Crippen LogP contribution < -0.4 is 10.6 Å². The molecule has 0 saturated carbocycles. The van der Waals surface area contributed by atoms with Gasteiger partial charge in [0.25, 0.3) is 0 Å². The highest BCUT2D eigenvalue weighted by atomic mass is 35.5. The summed E-state index contributed by atoms with van der Waals surface area (Å²) in [7, 11) is 0. The Hall–Kier alpha value is -2.44. The van der Waals surface area contributed by atoms with Gasteiger partial charge in [0.2, 0.25) is 11.9 Å². The first-order valence-electron chi connectivity index (χ1n) is 6.82. The molecule has 0 aliphatic carbocycles. The summed E-state index contributed by atoms with van der Waals surface area (Å²) in [6, 6.07) is 9.27. The topological polar surface area (TPSA) is 66.9 Å². The van der Waals surface area contributed by atoms with Crippen molar-refractivity contribution in [3.63, 3.8) is 0 Å². The molecule has 0 spiro atoms. The van der Waals surface area contributed by atoms with Crippen LogP contribution in [0.15, 0.2) is 53.5 Å². The third-order valence-corrected chi connectivity index (χ3v) is 3.98. The van der Waals surface area contributed by atoms with E-state index in [1.165, 1.54) is 0 Å². The van der Waals surface area contributed by atoms with Crippen molar-refractivity contribution in [1.29, 1.82) is 0 Å². The van der Waals surface area contributed by atoms with Crippen molar-refractivity contribution in [3.05, 3.63) is 53.5 Å². The van der Waals surface area contributed by atoms with E-state index in [2.05, 4.69) is 26.0 Å². The Bertz CT molecular complexity index is 773. The number of hydrogen-bond acceptors (Lipinski definition) is 5. The number of carbonyl (C=O) groups is 1. The molecule has 3 aromatic rings. The van der Waals surface area contributed by atoms with Crippen LogP contribution in [0.5, 0.6) is 0 Å². The molecule has 3 rings (SSSR count). The van der Waals surface area contributed by atoms with E-state index in [9.17, 15) is 4.79 Å².